The molecule has 4 fully saturated rings. The molecule has 0 N–H and O–H groups in total. The minimum atomic E-state index is -0.325. The van der Waals surface area contributed by atoms with E-state index in [1.54, 1.807) is 6.08 Å². The van der Waals surface area contributed by atoms with Gasteiger partial charge in [0.15, 0.2) is 0 Å². The highest BCUT2D eigenvalue weighted by atomic mass is 16.6. The molecule has 0 aromatic carbocycles. The normalized spacial score (nSPS) is 47.2. The Morgan fingerprint density at radius 1 is 1.17 bits per heavy atom. The first-order valence-electron chi connectivity index (χ1n) is 11.7. The predicted octanol–water partition coefficient (Wildman–Crippen LogP) is 5.91. The molecule has 4 nitrogen and oxygen atoms in total. The van der Waals surface area contributed by atoms with Crippen LogP contribution in [0, 0.1) is 33.5 Å². The van der Waals surface area contributed by atoms with Crippen LogP contribution in [-0.4, -0.2) is 24.9 Å². The fourth-order valence-electron chi connectivity index (χ4n) is 8.38. The number of rotatable bonds is 5. The van der Waals surface area contributed by atoms with Gasteiger partial charge in [-0.3, -0.25) is 4.79 Å². The lowest BCUT2D eigenvalue weighted by atomic mass is 9.40. The molecule has 0 radical (unpaired) electrons. The first-order valence-corrected chi connectivity index (χ1v) is 11.7. The monoisotopic (exact) mass is 401 g/mol. The van der Waals surface area contributed by atoms with Gasteiger partial charge in [-0.25, -0.2) is 0 Å². The van der Waals surface area contributed by atoms with Gasteiger partial charge in [-0.15, -0.1) is 0 Å². The van der Waals surface area contributed by atoms with Crippen molar-refractivity contribution in [2.45, 2.75) is 85.5 Å². The van der Waals surface area contributed by atoms with Crippen LogP contribution >= 0.6 is 0 Å². The van der Waals surface area contributed by atoms with E-state index < -0.39 is 0 Å². The van der Waals surface area contributed by atoms with E-state index in [4.69, 9.17) is 9.57 Å². The maximum Gasteiger partial charge on any atom is 0.312 e. The third kappa shape index (κ3) is 2.99. The molecule has 0 aliphatic heterocycles. The average molecular weight is 402 g/mol. The van der Waals surface area contributed by atoms with Crippen molar-refractivity contribution < 1.29 is 14.4 Å². The molecule has 162 valence electrons. The molecule has 29 heavy (non-hydrogen) atoms. The molecule has 0 aromatic rings. The minimum absolute atomic E-state index is 0.0408. The Bertz CT molecular complexity index is 717. The van der Waals surface area contributed by atoms with Crippen LogP contribution in [-0.2, 0) is 14.4 Å². The fourth-order valence-corrected chi connectivity index (χ4v) is 8.38. The zero-order valence-electron chi connectivity index (χ0n) is 18.9. The second-order valence-corrected chi connectivity index (χ2v) is 11.1. The highest BCUT2D eigenvalue weighted by Crippen LogP contribution is 2.73. The summed E-state index contributed by atoms with van der Waals surface area (Å²) in [5.74, 6) is 1.14. The number of carbonyl (C=O) groups excluding carboxylic acids is 1. The van der Waals surface area contributed by atoms with E-state index in [9.17, 15) is 4.79 Å². The fraction of sp³-hybridized carbons (Fsp3) is 0.840. The molecule has 1 spiro atoms. The molecular weight excluding hydrogens is 362 g/mol. The smallest absolute Gasteiger partial charge is 0.312 e. The van der Waals surface area contributed by atoms with Crippen molar-refractivity contribution in [3.8, 4) is 0 Å². The van der Waals surface area contributed by atoms with E-state index in [0.717, 1.165) is 25.7 Å². The lowest BCUT2D eigenvalue weighted by Gasteiger charge is -2.64. The van der Waals surface area contributed by atoms with Crippen molar-refractivity contribution in [3.05, 3.63) is 12.7 Å². The van der Waals surface area contributed by atoms with Gasteiger partial charge in [-0.05, 0) is 87.9 Å². The maximum absolute atomic E-state index is 13.0. The Balaban J connectivity index is 1.65. The van der Waals surface area contributed by atoms with Crippen molar-refractivity contribution in [2.24, 2.45) is 38.7 Å². The largest absolute Gasteiger partial charge is 0.466 e. The van der Waals surface area contributed by atoms with Crippen molar-refractivity contribution in [1.29, 1.82) is 0 Å². The lowest BCUT2D eigenvalue weighted by molar-refractivity contribution is -0.187. The minimum Gasteiger partial charge on any atom is -0.466 e. The van der Waals surface area contributed by atoms with Crippen LogP contribution in [0.4, 0.5) is 0 Å². The molecule has 4 aliphatic carbocycles. The predicted molar refractivity (Wildman–Crippen MR) is 116 cm³/mol. The maximum atomic E-state index is 13.0. The quantitative estimate of drug-likeness (QED) is 0.249. The number of esters is 1. The first kappa shape index (κ1) is 20.9. The molecule has 4 saturated carbocycles. The van der Waals surface area contributed by atoms with Gasteiger partial charge in [0.25, 0.3) is 0 Å². The van der Waals surface area contributed by atoms with Crippen molar-refractivity contribution in [1.82, 2.24) is 0 Å². The number of ether oxygens (including phenoxy) is 1. The Kier molecular flexibility index (Phi) is 5.15. The summed E-state index contributed by atoms with van der Waals surface area (Å²) in [7, 11) is 0. The van der Waals surface area contributed by atoms with Crippen molar-refractivity contribution >= 4 is 11.7 Å². The van der Waals surface area contributed by atoms with E-state index in [-0.39, 0.29) is 22.2 Å². The molecule has 0 amide bonds. The number of hydrogen-bond donors (Lipinski definition) is 0. The number of fused-ring (bicyclic) bond motifs is 3. The number of oxime groups is 1. The van der Waals surface area contributed by atoms with Gasteiger partial charge >= 0.3 is 5.97 Å². The van der Waals surface area contributed by atoms with Gasteiger partial charge in [0.1, 0.15) is 6.61 Å². The standard InChI is InChI=1S/C25H39NO3/c1-6-15-29-26-20-16-25-14-10-18-23(4,19(25)9-13-22(20,3)17-25)11-8-12-24(18,5)21(27)28-7-2/h6,18-19H,1,7-17H2,2-5H3/b26-20+/t18-,19-,22-,23+,24+,25-/m0/s1. The van der Waals surface area contributed by atoms with Gasteiger partial charge in [0.2, 0.25) is 0 Å². The highest BCUT2D eigenvalue weighted by Gasteiger charge is 2.67. The first-order chi connectivity index (χ1) is 13.7. The third-order valence-electron chi connectivity index (χ3n) is 9.49. The lowest BCUT2D eigenvalue weighted by Crippen LogP contribution is -2.58. The molecule has 2 bridgehead atoms. The van der Waals surface area contributed by atoms with Crippen LogP contribution in [0.15, 0.2) is 17.8 Å². The topological polar surface area (TPSA) is 47.9 Å². The van der Waals surface area contributed by atoms with Gasteiger partial charge in [0.05, 0.1) is 17.7 Å². The van der Waals surface area contributed by atoms with Crippen LogP contribution in [0.3, 0.4) is 0 Å². The summed E-state index contributed by atoms with van der Waals surface area (Å²) in [4.78, 5) is 18.6. The third-order valence-corrected chi connectivity index (χ3v) is 9.49. The summed E-state index contributed by atoms with van der Waals surface area (Å²) in [6.45, 7) is 13.7. The van der Waals surface area contributed by atoms with Gasteiger partial charge < -0.3 is 9.57 Å². The average Bonchev–Trinajstić information content (AvgIpc) is 2.87. The molecule has 4 heteroatoms. The summed E-state index contributed by atoms with van der Waals surface area (Å²) >= 11 is 0. The van der Waals surface area contributed by atoms with Crippen molar-refractivity contribution in [2.75, 3.05) is 13.2 Å². The molecular formula is C25H39NO3. The Morgan fingerprint density at radius 2 is 1.93 bits per heavy atom. The van der Waals surface area contributed by atoms with E-state index in [0.29, 0.717) is 30.5 Å². The van der Waals surface area contributed by atoms with Gasteiger partial charge in [0, 0.05) is 5.41 Å². The summed E-state index contributed by atoms with van der Waals surface area (Å²) < 4.78 is 5.58. The van der Waals surface area contributed by atoms with Crippen LogP contribution in [0.25, 0.3) is 0 Å². The summed E-state index contributed by atoms with van der Waals surface area (Å²) in [5, 5.41) is 4.59. The molecule has 0 aromatic heterocycles. The van der Waals surface area contributed by atoms with Gasteiger partial charge in [-0.2, -0.15) is 0 Å². The van der Waals surface area contributed by atoms with Crippen LogP contribution < -0.4 is 0 Å². The van der Waals surface area contributed by atoms with Crippen LogP contribution in [0.5, 0.6) is 0 Å². The second kappa shape index (κ2) is 7.13. The number of carbonyl (C=O) groups is 1. The molecule has 4 aliphatic rings. The summed E-state index contributed by atoms with van der Waals surface area (Å²) in [6.07, 6.45) is 12.2. The van der Waals surface area contributed by atoms with E-state index in [1.807, 2.05) is 6.92 Å². The second-order valence-electron chi connectivity index (χ2n) is 11.1. The number of hydrogen-bond acceptors (Lipinski definition) is 4. The van der Waals surface area contributed by atoms with E-state index >= 15 is 0 Å². The Morgan fingerprint density at radius 3 is 2.66 bits per heavy atom. The zero-order valence-corrected chi connectivity index (χ0v) is 18.9. The SMILES string of the molecule is C=CCO/N=C1\C[C@]23CC[C@H]4[C@@](C)(CCC[C@@]4(C)C(=O)OCC)[C@@H]2CC[C@@]1(C)C3. The van der Waals surface area contributed by atoms with E-state index in [2.05, 4.69) is 32.5 Å². The van der Waals surface area contributed by atoms with E-state index in [1.165, 1.54) is 37.8 Å². The van der Waals surface area contributed by atoms with Crippen LogP contribution in [0.2, 0.25) is 0 Å². The highest BCUT2D eigenvalue weighted by molar-refractivity contribution is 5.93. The van der Waals surface area contributed by atoms with Gasteiger partial charge in [-0.1, -0.05) is 38.1 Å². The summed E-state index contributed by atoms with van der Waals surface area (Å²) in [6, 6.07) is 0. The molecule has 0 unspecified atom stereocenters. The van der Waals surface area contributed by atoms with Crippen molar-refractivity contribution in [3.63, 3.8) is 0 Å². The molecule has 0 heterocycles. The molecule has 4 rings (SSSR count). The molecule has 0 saturated heterocycles. The Hall–Kier alpha value is -1.32. The van der Waals surface area contributed by atoms with Crippen LogP contribution in [0.1, 0.15) is 85.5 Å². The zero-order chi connectivity index (χ0) is 20.9. The number of nitrogens with zero attached hydrogens (tertiary/aromatic N) is 1. The molecule has 6 atom stereocenters. The Labute approximate surface area is 176 Å². The summed E-state index contributed by atoms with van der Waals surface area (Å²) in [5.41, 5.74) is 1.68.